The van der Waals surface area contributed by atoms with Gasteiger partial charge in [-0.1, -0.05) is 41.5 Å². The minimum absolute atomic E-state index is 0.119. The van der Waals surface area contributed by atoms with Crippen molar-refractivity contribution >= 4 is 11.6 Å². The monoisotopic (exact) mass is 345 g/mol. The zero-order chi connectivity index (χ0) is 18.4. The molecule has 0 aromatic carbocycles. The van der Waals surface area contributed by atoms with Crippen LogP contribution in [0.25, 0.3) is 0 Å². The van der Waals surface area contributed by atoms with E-state index in [0.29, 0.717) is 23.4 Å². The van der Waals surface area contributed by atoms with Crippen molar-refractivity contribution < 1.29 is 9.59 Å². The molecule has 4 aliphatic carbocycles. The Morgan fingerprint density at radius 1 is 0.760 bits per heavy atom. The molecule has 25 heavy (non-hydrogen) atoms. The predicted molar refractivity (Wildman–Crippen MR) is 99.1 cm³/mol. The summed E-state index contributed by atoms with van der Waals surface area (Å²) in [4.78, 5) is 25.9. The van der Waals surface area contributed by atoms with Crippen LogP contribution in [0.1, 0.15) is 67.2 Å². The second-order valence-electron chi connectivity index (χ2n) is 11.0. The van der Waals surface area contributed by atoms with Crippen molar-refractivity contribution in [3.8, 4) is 0 Å². The van der Waals surface area contributed by atoms with Gasteiger partial charge in [0.2, 0.25) is 0 Å². The third kappa shape index (κ3) is 1.86. The number of Topliss-reactive ketones (excluding diaryl/α,β-unsaturated/α-hetero) is 2. The van der Waals surface area contributed by atoms with Crippen LogP contribution < -0.4 is 5.32 Å². The van der Waals surface area contributed by atoms with E-state index in [1.54, 1.807) is 0 Å². The largest absolute Gasteiger partial charge is 0.315 e. The fourth-order valence-electron chi connectivity index (χ4n) is 7.41. The number of ketones is 2. The molecule has 4 bridgehead atoms. The summed E-state index contributed by atoms with van der Waals surface area (Å²) in [5, 5.41) is 3.57. The Balaban J connectivity index is 1.42. The van der Waals surface area contributed by atoms with E-state index in [4.69, 9.17) is 0 Å². The molecule has 6 atom stereocenters. The maximum Gasteiger partial charge on any atom is 0.143 e. The Morgan fingerprint density at radius 2 is 1.12 bits per heavy atom. The molecule has 1 N–H and O–H groups in total. The molecule has 0 aromatic heterocycles. The molecule has 140 valence electrons. The van der Waals surface area contributed by atoms with Crippen molar-refractivity contribution in [3.05, 3.63) is 0 Å². The molecule has 3 heteroatoms. The van der Waals surface area contributed by atoms with E-state index in [2.05, 4.69) is 46.9 Å². The maximum atomic E-state index is 13.0. The molecule has 4 saturated carbocycles. The minimum atomic E-state index is -0.137. The predicted octanol–water partition coefficient (Wildman–Crippen LogP) is 3.86. The summed E-state index contributed by atoms with van der Waals surface area (Å²) in [5.41, 5.74) is -0.0360. The molecule has 4 fully saturated rings. The Kier molecular flexibility index (Phi) is 3.52. The summed E-state index contributed by atoms with van der Waals surface area (Å²) >= 11 is 0. The zero-order valence-electron chi connectivity index (χ0n) is 16.9. The molecule has 0 aliphatic heterocycles. The molecule has 0 aromatic rings. The maximum absolute atomic E-state index is 13.0. The molecule has 0 unspecified atom stereocenters. The van der Waals surface area contributed by atoms with Gasteiger partial charge in [-0.05, 0) is 48.3 Å². The third-order valence-electron chi connectivity index (χ3n) is 10.1. The van der Waals surface area contributed by atoms with Crippen molar-refractivity contribution in [2.24, 2.45) is 45.3 Å². The minimum Gasteiger partial charge on any atom is -0.315 e. The van der Waals surface area contributed by atoms with Crippen LogP contribution in [-0.2, 0) is 9.59 Å². The number of hydrogen-bond acceptors (Lipinski definition) is 3. The van der Waals surface area contributed by atoms with E-state index in [9.17, 15) is 9.59 Å². The fourth-order valence-corrected chi connectivity index (χ4v) is 7.41. The molecule has 0 radical (unpaired) electrons. The lowest BCUT2D eigenvalue weighted by atomic mass is 9.70. The highest BCUT2D eigenvalue weighted by molar-refractivity contribution is 5.92. The van der Waals surface area contributed by atoms with Crippen LogP contribution in [0.15, 0.2) is 0 Å². The first-order valence-corrected chi connectivity index (χ1v) is 10.3. The first-order valence-electron chi connectivity index (χ1n) is 10.3. The van der Waals surface area contributed by atoms with Gasteiger partial charge in [0.1, 0.15) is 11.6 Å². The molecule has 4 rings (SSSR count). The van der Waals surface area contributed by atoms with Gasteiger partial charge in [0.15, 0.2) is 0 Å². The highest BCUT2D eigenvalue weighted by Gasteiger charge is 2.67. The summed E-state index contributed by atoms with van der Waals surface area (Å²) in [6, 6.07) is 0. The number of hydrogen-bond donors (Lipinski definition) is 1. The van der Waals surface area contributed by atoms with E-state index in [0.717, 1.165) is 25.9 Å². The lowest BCUT2D eigenvalue weighted by molar-refractivity contribution is -0.131. The lowest BCUT2D eigenvalue weighted by Gasteiger charge is -2.32. The molecule has 0 heterocycles. The van der Waals surface area contributed by atoms with Gasteiger partial charge in [-0.2, -0.15) is 0 Å². The van der Waals surface area contributed by atoms with Crippen molar-refractivity contribution in [3.63, 3.8) is 0 Å². The number of fused-ring (bicyclic) bond motifs is 4. The van der Waals surface area contributed by atoms with E-state index in [1.165, 1.54) is 12.8 Å². The van der Waals surface area contributed by atoms with E-state index >= 15 is 0 Å². The van der Waals surface area contributed by atoms with Crippen molar-refractivity contribution in [1.82, 2.24) is 5.32 Å². The van der Waals surface area contributed by atoms with Crippen LogP contribution in [0.4, 0.5) is 0 Å². The summed E-state index contributed by atoms with van der Waals surface area (Å²) in [5.74, 6) is 2.22. The highest BCUT2D eigenvalue weighted by atomic mass is 16.1. The van der Waals surface area contributed by atoms with Gasteiger partial charge in [0.25, 0.3) is 0 Å². The van der Waals surface area contributed by atoms with Crippen molar-refractivity contribution in [2.45, 2.75) is 67.2 Å². The molecule has 0 spiro atoms. The van der Waals surface area contributed by atoms with Crippen LogP contribution in [0.2, 0.25) is 0 Å². The van der Waals surface area contributed by atoms with Gasteiger partial charge in [-0.25, -0.2) is 0 Å². The standard InChI is InChI=1S/C22H35NO2/c1-19(2)15-7-9-21(19,5)17(24)13(15)11-23-12-14-16-8-10-22(6,18(14)25)20(16,3)4/h13-16,23H,7-12H2,1-6H3/t13-,14-,15-,16+,21+,22+/m0/s1. The molecule has 0 saturated heterocycles. The Hall–Kier alpha value is -0.700. The Labute approximate surface area is 152 Å². The third-order valence-corrected chi connectivity index (χ3v) is 10.1. The molecule has 0 amide bonds. The molecule has 4 aliphatic rings. The number of rotatable bonds is 4. The first kappa shape index (κ1) is 17.7. The normalized spacial score (nSPS) is 49.4. The van der Waals surface area contributed by atoms with Crippen molar-refractivity contribution in [1.29, 1.82) is 0 Å². The second-order valence-corrected chi connectivity index (χ2v) is 11.0. The summed E-state index contributed by atoms with van der Waals surface area (Å²) in [6.45, 7) is 15.0. The van der Waals surface area contributed by atoms with Crippen LogP contribution in [0, 0.1) is 45.3 Å². The first-order chi connectivity index (χ1) is 11.5. The molecular formula is C22H35NO2. The van der Waals surface area contributed by atoms with Crippen molar-refractivity contribution in [2.75, 3.05) is 13.1 Å². The average molecular weight is 346 g/mol. The quantitative estimate of drug-likeness (QED) is 0.841. The Morgan fingerprint density at radius 3 is 1.40 bits per heavy atom. The van der Waals surface area contributed by atoms with Crippen LogP contribution in [-0.4, -0.2) is 24.7 Å². The summed E-state index contributed by atoms with van der Waals surface area (Å²) < 4.78 is 0. The van der Waals surface area contributed by atoms with Gasteiger partial charge in [-0.3, -0.25) is 9.59 Å². The van der Waals surface area contributed by atoms with Gasteiger partial charge in [0.05, 0.1) is 0 Å². The average Bonchev–Trinajstić information content (AvgIpc) is 3.01. The SMILES string of the molecule is CC1(C)[C@@H]2CC[C@]1(C)C(=O)[C@H]2CNC[C@@H]1C(=O)[C@@]2(C)CC[C@@H]1C2(C)C. The second kappa shape index (κ2) is 4.97. The van der Waals surface area contributed by atoms with Gasteiger partial charge < -0.3 is 5.32 Å². The van der Waals surface area contributed by atoms with Crippen LogP contribution >= 0.6 is 0 Å². The van der Waals surface area contributed by atoms with Gasteiger partial charge >= 0.3 is 0 Å². The van der Waals surface area contributed by atoms with E-state index in [-0.39, 0.29) is 33.5 Å². The van der Waals surface area contributed by atoms with Gasteiger partial charge in [-0.15, -0.1) is 0 Å². The van der Waals surface area contributed by atoms with E-state index < -0.39 is 0 Å². The number of nitrogens with one attached hydrogen (secondary N) is 1. The zero-order valence-corrected chi connectivity index (χ0v) is 16.9. The molecular weight excluding hydrogens is 310 g/mol. The van der Waals surface area contributed by atoms with Gasteiger partial charge in [0, 0.05) is 35.8 Å². The molecule has 3 nitrogen and oxygen atoms in total. The van der Waals surface area contributed by atoms with E-state index in [1.807, 2.05) is 0 Å². The van der Waals surface area contributed by atoms with Crippen LogP contribution in [0.3, 0.4) is 0 Å². The fraction of sp³-hybridized carbons (Fsp3) is 0.909. The van der Waals surface area contributed by atoms with Crippen LogP contribution in [0.5, 0.6) is 0 Å². The Bertz CT molecular complexity index is 582. The highest BCUT2D eigenvalue weighted by Crippen LogP contribution is 2.66. The number of carbonyl (C=O) groups excluding carboxylic acids is 2. The smallest absolute Gasteiger partial charge is 0.143 e. The summed E-state index contributed by atoms with van der Waals surface area (Å²) in [6.07, 6.45) is 4.46. The summed E-state index contributed by atoms with van der Waals surface area (Å²) in [7, 11) is 0. The topological polar surface area (TPSA) is 46.2 Å². The number of carbonyl (C=O) groups is 2. The lowest BCUT2D eigenvalue weighted by Crippen LogP contribution is -2.40.